The van der Waals surface area contributed by atoms with Crippen LogP contribution in [-0.2, 0) is 22.5 Å². The molecule has 3 aromatic rings. The third-order valence-electron chi connectivity index (χ3n) is 5.41. The Hall–Kier alpha value is -2.03. The zero-order valence-corrected chi connectivity index (χ0v) is 17.6. The van der Waals surface area contributed by atoms with Gasteiger partial charge in [0.15, 0.2) is 0 Å². The highest BCUT2D eigenvalue weighted by Gasteiger charge is 2.32. The Balaban J connectivity index is 1.74. The van der Waals surface area contributed by atoms with Crippen molar-refractivity contribution in [1.29, 1.82) is 0 Å². The van der Waals surface area contributed by atoms with Gasteiger partial charge in [-0.1, -0.05) is 0 Å². The van der Waals surface area contributed by atoms with Gasteiger partial charge in [0.25, 0.3) is 5.95 Å². The summed E-state index contributed by atoms with van der Waals surface area (Å²) in [6, 6.07) is 2.05. The summed E-state index contributed by atoms with van der Waals surface area (Å²) in [6.45, 7) is 12.1. The molecule has 8 heteroatoms. The van der Waals surface area contributed by atoms with E-state index >= 15 is 0 Å². The summed E-state index contributed by atoms with van der Waals surface area (Å²) in [5, 5.41) is 5.79. The number of thiophene rings is 1. The maximum absolute atomic E-state index is 6.06. The Bertz CT molecular complexity index is 1050. The summed E-state index contributed by atoms with van der Waals surface area (Å²) in [5.41, 5.74) is 3.18. The van der Waals surface area contributed by atoms with Crippen molar-refractivity contribution in [3.05, 3.63) is 27.9 Å². The number of nitrogens with zero attached hydrogens (tertiary/aromatic N) is 5. The first-order valence-electron chi connectivity index (χ1n) is 9.74. The van der Waals surface area contributed by atoms with Crippen molar-refractivity contribution < 1.29 is 9.47 Å². The number of morpholine rings is 1. The van der Waals surface area contributed by atoms with Crippen molar-refractivity contribution in [2.75, 3.05) is 31.2 Å². The Morgan fingerprint density at radius 2 is 1.93 bits per heavy atom. The van der Waals surface area contributed by atoms with Crippen molar-refractivity contribution in [1.82, 2.24) is 19.7 Å². The van der Waals surface area contributed by atoms with Crippen LogP contribution in [0.1, 0.15) is 35.7 Å². The molecule has 28 heavy (non-hydrogen) atoms. The highest BCUT2D eigenvalue weighted by Crippen LogP contribution is 2.42. The van der Waals surface area contributed by atoms with E-state index in [1.807, 2.05) is 18.5 Å². The molecular weight excluding hydrogens is 374 g/mol. The topological polar surface area (TPSA) is 65.3 Å². The Labute approximate surface area is 168 Å². The standard InChI is InChI=1S/C20H25N5O2S/c1-12-9-13(2)25(23-12)19-21-17(24-5-7-26-8-6-24)16-14-10-20(3,4)27-11-15(14)28-18(16)22-19/h9H,5-8,10-11H2,1-4H3. The first-order valence-corrected chi connectivity index (χ1v) is 10.6. The fraction of sp³-hybridized carbons (Fsp3) is 0.550. The van der Waals surface area contributed by atoms with Gasteiger partial charge in [0.05, 0.1) is 36.5 Å². The van der Waals surface area contributed by atoms with Crippen LogP contribution in [0.25, 0.3) is 16.2 Å². The summed E-state index contributed by atoms with van der Waals surface area (Å²) in [7, 11) is 0. The first-order chi connectivity index (χ1) is 13.4. The van der Waals surface area contributed by atoms with Crippen LogP contribution in [0, 0.1) is 13.8 Å². The van der Waals surface area contributed by atoms with Crippen molar-refractivity contribution in [3.8, 4) is 5.95 Å². The molecule has 0 saturated carbocycles. The molecule has 5 heterocycles. The van der Waals surface area contributed by atoms with E-state index in [0.717, 1.165) is 54.8 Å². The average Bonchev–Trinajstić information content (AvgIpc) is 3.19. The van der Waals surface area contributed by atoms with Crippen LogP contribution in [0.2, 0.25) is 0 Å². The minimum Gasteiger partial charge on any atom is -0.378 e. The quantitative estimate of drug-likeness (QED) is 0.659. The minimum atomic E-state index is -0.169. The Kier molecular flexibility index (Phi) is 4.19. The molecule has 0 atom stereocenters. The van der Waals surface area contributed by atoms with Crippen molar-refractivity contribution in [2.24, 2.45) is 0 Å². The number of rotatable bonds is 2. The lowest BCUT2D eigenvalue weighted by molar-refractivity contribution is -0.0379. The Morgan fingerprint density at radius 3 is 2.64 bits per heavy atom. The molecule has 0 bridgehead atoms. The molecule has 2 aliphatic rings. The van der Waals surface area contributed by atoms with Gasteiger partial charge in [0, 0.05) is 30.1 Å². The highest BCUT2D eigenvalue weighted by atomic mass is 32.1. The smallest absolute Gasteiger partial charge is 0.254 e. The highest BCUT2D eigenvalue weighted by molar-refractivity contribution is 7.19. The van der Waals surface area contributed by atoms with Gasteiger partial charge in [-0.05, 0) is 39.3 Å². The van der Waals surface area contributed by atoms with E-state index in [1.165, 1.54) is 15.8 Å². The van der Waals surface area contributed by atoms with Crippen molar-refractivity contribution in [3.63, 3.8) is 0 Å². The third kappa shape index (κ3) is 3.00. The van der Waals surface area contributed by atoms with Gasteiger partial charge < -0.3 is 14.4 Å². The number of anilines is 1. The van der Waals surface area contributed by atoms with Crippen LogP contribution in [0.15, 0.2) is 6.07 Å². The summed E-state index contributed by atoms with van der Waals surface area (Å²) < 4.78 is 13.5. The molecule has 3 aromatic heterocycles. The van der Waals surface area contributed by atoms with Gasteiger partial charge in [0.1, 0.15) is 10.6 Å². The van der Waals surface area contributed by atoms with Gasteiger partial charge in [0.2, 0.25) is 0 Å². The molecule has 0 unspecified atom stereocenters. The molecular formula is C20H25N5O2S. The van der Waals surface area contributed by atoms with Crippen LogP contribution in [0.4, 0.5) is 5.82 Å². The Morgan fingerprint density at radius 1 is 1.14 bits per heavy atom. The molecule has 0 amide bonds. The number of fused-ring (bicyclic) bond motifs is 3. The van der Waals surface area contributed by atoms with Crippen molar-refractivity contribution in [2.45, 2.75) is 46.3 Å². The largest absolute Gasteiger partial charge is 0.378 e. The predicted octanol–water partition coefficient (Wildman–Crippen LogP) is 3.18. The second kappa shape index (κ2) is 6.50. The number of ether oxygens (including phenoxy) is 2. The summed E-state index contributed by atoms with van der Waals surface area (Å²) in [4.78, 5) is 14.6. The van der Waals surface area contributed by atoms with E-state index < -0.39 is 0 Å². The SMILES string of the molecule is Cc1cc(C)n(-c2nc(N3CCOCC3)c3c4c(sc3n2)COC(C)(C)C4)n1. The van der Waals surface area contributed by atoms with Crippen LogP contribution in [0.3, 0.4) is 0 Å². The normalized spacial score (nSPS) is 19.2. The van der Waals surface area contributed by atoms with E-state index in [1.54, 1.807) is 11.3 Å². The molecule has 0 aliphatic carbocycles. The van der Waals surface area contributed by atoms with Crippen LogP contribution < -0.4 is 4.90 Å². The van der Waals surface area contributed by atoms with Gasteiger partial charge in [-0.25, -0.2) is 4.68 Å². The van der Waals surface area contributed by atoms with Gasteiger partial charge in [-0.3, -0.25) is 0 Å². The zero-order chi connectivity index (χ0) is 19.5. The molecule has 0 radical (unpaired) electrons. The maximum Gasteiger partial charge on any atom is 0.254 e. The maximum atomic E-state index is 6.06. The predicted molar refractivity (Wildman–Crippen MR) is 110 cm³/mol. The van der Waals surface area contributed by atoms with Crippen LogP contribution >= 0.6 is 11.3 Å². The molecule has 0 spiro atoms. The molecule has 7 nitrogen and oxygen atoms in total. The van der Waals surface area contributed by atoms with E-state index in [-0.39, 0.29) is 5.60 Å². The van der Waals surface area contributed by atoms with Gasteiger partial charge >= 0.3 is 0 Å². The van der Waals surface area contributed by atoms with Crippen molar-refractivity contribution >= 4 is 27.4 Å². The lowest BCUT2D eigenvalue weighted by Gasteiger charge is -2.32. The van der Waals surface area contributed by atoms with Crippen LogP contribution in [0.5, 0.6) is 0 Å². The summed E-state index contributed by atoms with van der Waals surface area (Å²) >= 11 is 1.72. The zero-order valence-electron chi connectivity index (χ0n) is 16.8. The van der Waals surface area contributed by atoms with E-state index in [0.29, 0.717) is 12.6 Å². The summed E-state index contributed by atoms with van der Waals surface area (Å²) in [5.74, 6) is 1.64. The van der Waals surface area contributed by atoms with Gasteiger partial charge in [-0.2, -0.15) is 15.1 Å². The number of aryl methyl sites for hydroxylation is 2. The van der Waals surface area contributed by atoms with E-state index in [2.05, 4.69) is 29.9 Å². The van der Waals surface area contributed by atoms with Crippen LogP contribution in [-0.4, -0.2) is 51.7 Å². The molecule has 5 rings (SSSR count). The minimum absolute atomic E-state index is 0.169. The second-order valence-corrected chi connectivity index (χ2v) is 9.28. The molecule has 0 aromatic carbocycles. The lowest BCUT2D eigenvalue weighted by Crippen LogP contribution is -2.37. The van der Waals surface area contributed by atoms with Gasteiger partial charge in [-0.15, -0.1) is 11.3 Å². The molecule has 0 N–H and O–H groups in total. The fourth-order valence-electron chi connectivity index (χ4n) is 4.04. The molecule has 2 aliphatic heterocycles. The third-order valence-corrected chi connectivity index (χ3v) is 6.51. The number of hydrogen-bond donors (Lipinski definition) is 0. The summed E-state index contributed by atoms with van der Waals surface area (Å²) in [6.07, 6.45) is 0.877. The molecule has 1 fully saturated rings. The first kappa shape index (κ1) is 18.0. The fourth-order valence-corrected chi connectivity index (χ4v) is 5.14. The molecule has 148 valence electrons. The number of aromatic nitrogens is 4. The lowest BCUT2D eigenvalue weighted by atomic mass is 9.94. The van der Waals surface area contributed by atoms with E-state index in [9.17, 15) is 0 Å². The van der Waals surface area contributed by atoms with E-state index in [4.69, 9.17) is 19.4 Å². The second-order valence-electron chi connectivity index (χ2n) is 8.19. The monoisotopic (exact) mass is 399 g/mol. The average molecular weight is 400 g/mol. The molecule has 1 saturated heterocycles. The number of hydrogen-bond acceptors (Lipinski definition) is 7.